The predicted octanol–water partition coefficient (Wildman–Crippen LogP) is 3.86. The van der Waals surface area contributed by atoms with Crippen LogP contribution in [0.25, 0.3) is 11.3 Å². The third-order valence-corrected chi connectivity index (χ3v) is 3.48. The minimum absolute atomic E-state index is 0.0215. The van der Waals surface area contributed by atoms with Gasteiger partial charge in [0, 0.05) is 6.54 Å². The highest BCUT2D eigenvalue weighted by Gasteiger charge is 2.15. The summed E-state index contributed by atoms with van der Waals surface area (Å²) in [5.41, 5.74) is 2.60. The zero-order valence-electron chi connectivity index (χ0n) is 12.4. The van der Waals surface area contributed by atoms with Crippen LogP contribution in [0.2, 0.25) is 0 Å². The standard InChI is InChI=1S/C17H18ClNO2/c1-11(2)10-19-15(13-6-4-12(3)5-7-13)9-8-14(16(18)20)17(19)21/h4-9,11H,10H2,1-3H3. The molecule has 0 bridgehead atoms. The minimum Gasteiger partial charge on any atom is -0.307 e. The van der Waals surface area contributed by atoms with Gasteiger partial charge in [-0.1, -0.05) is 43.7 Å². The first-order valence-electron chi connectivity index (χ1n) is 6.91. The molecule has 0 radical (unpaired) electrons. The zero-order chi connectivity index (χ0) is 15.6. The molecule has 4 heteroatoms. The fourth-order valence-electron chi connectivity index (χ4n) is 2.25. The summed E-state index contributed by atoms with van der Waals surface area (Å²) in [4.78, 5) is 23.8. The molecule has 0 N–H and O–H groups in total. The summed E-state index contributed by atoms with van der Waals surface area (Å²) in [5.74, 6) is 0.285. The summed E-state index contributed by atoms with van der Waals surface area (Å²) < 4.78 is 1.63. The maximum Gasteiger partial charge on any atom is 0.263 e. The van der Waals surface area contributed by atoms with Crippen molar-refractivity contribution >= 4 is 16.8 Å². The molecule has 0 amide bonds. The Morgan fingerprint density at radius 1 is 1.14 bits per heavy atom. The lowest BCUT2D eigenvalue weighted by atomic mass is 10.1. The van der Waals surface area contributed by atoms with Gasteiger partial charge in [0.2, 0.25) is 0 Å². The van der Waals surface area contributed by atoms with Gasteiger partial charge in [-0.2, -0.15) is 0 Å². The molecule has 0 aliphatic carbocycles. The number of aromatic nitrogens is 1. The van der Waals surface area contributed by atoms with Crippen LogP contribution in [0.3, 0.4) is 0 Å². The van der Waals surface area contributed by atoms with Crippen LogP contribution in [0.4, 0.5) is 0 Å². The molecule has 0 saturated heterocycles. The number of hydrogen-bond donors (Lipinski definition) is 0. The van der Waals surface area contributed by atoms with Crippen molar-refractivity contribution < 1.29 is 4.79 Å². The second kappa shape index (κ2) is 6.27. The average Bonchev–Trinajstić information content (AvgIpc) is 2.41. The topological polar surface area (TPSA) is 39.1 Å². The van der Waals surface area contributed by atoms with E-state index in [2.05, 4.69) is 0 Å². The van der Waals surface area contributed by atoms with Gasteiger partial charge in [0.1, 0.15) is 0 Å². The molecule has 0 aliphatic rings. The van der Waals surface area contributed by atoms with Gasteiger partial charge in [-0.25, -0.2) is 0 Å². The number of pyridine rings is 1. The Hall–Kier alpha value is -1.87. The SMILES string of the molecule is Cc1ccc(-c2ccc(C(=O)Cl)c(=O)n2CC(C)C)cc1. The second-order valence-corrected chi connectivity index (χ2v) is 5.92. The van der Waals surface area contributed by atoms with Crippen LogP contribution in [-0.2, 0) is 6.54 Å². The van der Waals surface area contributed by atoms with Crippen LogP contribution >= 0.6 is 11.6 Å². The van der Waals surface area contributed by atoms with Gasteiger partial charge in [-0.15, -0.1) is 0 Å². The first-order valence-corrected chi connectivity index (χ1v) is 7.28. The molecule has 2 aromatic rings. The number of hydrogen-bond acceptors (Lipinski definition) is 2. The molecule has 3 nitrogen and oxygen atoms in total. The van der Waals surface area contributed by atoms with E-state index >= 15 is 0 Å². The molecule has 110 valence electrons. The third-order valence-electron chi connectivity index (χ3n) is 3.28. The van der Waals surface area contributed by atoms with Crippen LogP contribution in [0.5, 0.6) is 0 Å². The lowest BCUT2D eigenvalue weighted by Gasteiger charge is -2.16. The number of carbonyl (C=O) groups excluding carboxylic acids is 1. The summed E-state index contributed by atoms with van der Waals surface area (Å²) in [6.45, 7) is 6.61. The van der Waals surface area contributed by atoms with E-state index in [0.717, 1.165) is 16.8 Å². The molecule has 1 aromatic carbocycles. The summed E-state index contributed by atoms with van der Waals surface area (Å²) in [5, 5.41) is -0.715. The molecule has 0 spiro atoms. The summed E-state index contributed by atoms with van der Waals surface area (Å²) >= 11 is 5.48. The van der Waals surface area contributed by atoms with Gasteiger partial charge >= 0.3 is 0 Å². The number of benzene rings is 1. The summed E-state index contributed by atoms with van der Waals surface area (Å²) in [6, 6.07) is 11.2. The highest BCUT2D eigenvalue weighted by molar-refractivity contribution is 6.67. The normalized spacial score (nSPS) is 10.9. The Morgan fingerprint density at radius 2 is 1.76 bits per heavy atom. The number of carbonyl (C=O) groups is 1. The van der Waals surface area contributed by atoms with E-state index in [9.17, 15) is 9.59 Å². The van der Waals surface area contributed by atoms with Crippen LogP contribution in [0, 0.1) is 12.8 Å². The van der Waals surface area contributed by atoms with E-state index < -0.39 is 5.24 Å². The highest BCUT2D eigenvalue weighted by Crippen LogP contribution is 2.20. The van der Waals surface area contributed by atoms with Gasteiger partial charge in [0.15, 0.2) is 0 Å². The highest BCUT2D eigenvalue weighted by atomic mass is 35.5. The number of aryl methyl sites for hydroxylation is 1. The van der Waals surface area contributed by atoms with E-state index in [0.29, 0.717) is 6.54 Å². The zero-order valence-corrected chi connectivity index (χ0v) is 13.1. The Labute approximate surface area is 129 Å². The lowest BCUT2D eigenvalue weighted by molar-refractivity contribution is 0.107. The van der Waals surface area contributed by atoms with Crippen LogP contribution in [0.1, 0.15) is 29.8 Å². The maximum atomic E-state index is 12.5. The lowest BCUT2D eigenvalue weighted by Crippen LogP contribution is -2.28. The number of nitrogens with zero attached hydrogens (tertiary/aromatic N) is 1. The maximum absolute atomic E-state index is 12.5. The molecule has 2 rings (SSSR count). The minimum atomic E-state index is -0.715. The van der Waals surface area contributed by atoms with Gasteiger partial charge in [0.05, 0.1) is 11.3 Å². The summed E-state index contributed by atoms with van der Waals surface area (Å²) in [7, 11) is 0. The third kappa shape index (κ3) is 3.42. The Bertz CT molecular complexity index is 715. The fourth-order valence-corrected chi connectivity index (χ4v) is 2.39. The molecule has 0 atom stereocenters. The molecule has 0 unspecified atom stereocenters. The monoisotopic (exact) mass is 303 g/mol. The Morgan fingerprint density at radius 3 is 2.29 bits per heavy atom. The van der Waals surface area contributed by atoms with Gasteiger partial charge < -0.3 is 4.57 Å². The van der Waals surface area contributed by atoms with Crippen molar-refractivity contribution in [1.29, 1.82) is 0 Å². The molecule has 1 aromatic heterocycles. The molecular formula is C17H18ClNO2. The molecule has 0 saturated carbocycles. The van der Waals surface area contributed by atoms with E-state index in [-0.39, 0.29) is 17.0 Å². The van der Waals surface area contributed by atoms with E-state index in [4.69, 9.17) is 11.6 Å². The van der Waals surface area contributed by atoms with Gasteiger partial charge in [0.25, 0.3) is 10.8 Å². The van der Waals surface area contributed by atoms with Crippen molar-refractivity contribution in [2.24, 2.45) is 5.92 Å². The van der Waals surface area contributed by atoms with E-state index in [1.807, 2.05) is 45.0 Å². The van der Waals surface area contributed by atoms with Crippen molar-refractivity contribution in [3.63, 3.8) is 0 Å². The molecule has 0 aliphatic heterocycles. The van der Waals surface area contributed by atoms with E-state index in [1.54, 1.807) is 10.6 Å². The van der Waals surface area contributed by atoms with Crippen molar-refractivity contribution in [3.05, 3.63) is 57.9 Å². The number of halogens is 1. The Kier molecular flexibility index (Phi) is 4.63. The van der Waals surface area contributed by atoms with Crippen LogP contribution < -0.4 is 5.56 Å². The molecule has 0 fully saturated rings. The fraction of sp³-hybridized carbons (Fsp3) is 0.294. The van der Waals surface area contributed by atoms with Gasteiger partial charge in [-0.3, -0.25) is 9.59 Å². The van der Waals surface area contributed by atoms with Crippen LogP contribution in [-0.4, -0.2) is 9.81 Å². The molecular weight excluding hydrogens is 286 g/mol. The number of rotatable bonds is 4. The molecule has 1 heterocycles. The predicted molar refractivity (Wildman–Crippen MR) is 85.9 cm³/mol. The second-order valence-electron chi connectivity index (χ2n) is 5.58. The smallest absolute Gasteiger partial charge is 0.263 e. The van der Waals surface area contributed by atoms with Crippen molar-refractivity contribution in [2.75, 3.05) is 0 Å². The largest absolute Gasteiger partial charge is 0.307 e. The first kappa shape index (κ1) is 15.5. The Balaban J connectivity index is 2.65. The van der Waals surface area contributed by atoms with Crippen LogP contribution in [0.15, 0.2) is 41.2 Å². The first-order chi connectivity index (χ1) is 9.90. The van der Waals surface area contributed by atoms with Gasteiger partial charge in [-0.05, 0) is 42.1 Å². The van der Waals surface area contributed by atoms with E-state index in [1.165, 1.54) is 6.07 Å². The van der Waals surface area contributed by atoms with Crippen molar-refractivity contribution in [3.8, 4) is 11.3 Å². The molecule has 21 heavy (non-hydrogen) atoms. The van der Waals surface area contributed by atoms with Crippen molar-refractivity contribution in [1.82, 2.24) is 4.57 Å². The van der Waals surface area contributed by atoms with Crippen molar-refractivity contribution in [2.45, 2.75) is 27.3 Å². The quantitative estimate of drug-likeness (QED) is 0.805. The average molecular weight is 304 g/mol. The summed E-state index contributed by atoms with van der Waals surface area (Å²) in [6.07, 6.45) is 0.